The Bertz CT molecular complexity index is 572. The summed E-state index contributed by atoms with van der Waals surface area (Å²) in [7, 11) is 0. The number of hydrogen-bond donors (Lipinski definition) is 4. The molecule has 1 amide bonds. The number of nitrogens with one attached hydrogen (secondary N) is 1. The van der Waals surface area contributed by atoms with E-state index < -0.39 is 18.2 Å². The van der Waals surface area contributed by atoms with Gasteiger partial charge in [-0.1, -0.05) is 200 Å². The number of aliphatic hydroxyl groups excluding tert-OH is 3. The second-order valence-corrected chi connectivity index (χ2v) is 13.9. The maximum atomic E-state index is 12.4. The van der Waals surface area contributed by atoms with E-state index in [9.17, 15) is 20.1 Å². The van der Waals surface area contributed by atoms with Crippen molar-refractivity contribution in [1.82, 2.24) is 5.32 Å². The van der Waals surface area contributed by atoms with Gasteiger partial charge in [-0.3, -0.25) is 4.79 Å². The highest BCUT2D eigenvalue weighted by molar-refractivity contribution is 5.76. The molecule has 4 N–H and O–H groups in total. The fourth-order valence-corrected chi connectivity index (χ4v) is 6.34. The summed E-state index contributed by atoms with van der Waals surface area (Å²) in [6, 6.07) is -0.801. The average Bonchev–Trinajstić information content (AvgIpc) is 3.03. The maximum Gasteiger partial charge on any atom is 0.220 e. The van der Waals surface area contributed by atoms with Crippen molar-refractivity contribution in [2.45, 2.75) is 238 Å². The van der Waals surface area contributed by atoms with Gasteiger partial charge in [0.25, 0.3) is 0 Å². The molecular weight excluding hydrogens is 546 g/mol. The van der Waals surface area contributed by atoms with E-state index in [1.165, 1.54) is 161 Å². The van der Waals surface area contributed by atoms with Crippen LogP contribution >= 0.6 is 0 Å². The van der Waals surface area contributed by atoms with E-state index in [4.69, 9.17) is 0 Å². The second-order valence-electron chi connectivity index (χ2n) is 13.9. The predicted octanol–water partition coefficient (Wildman–Crippen LogP) is 10.7. The topological polar surface area (TPSA) is 89.8 Å². The summed E-state index contributed by atoms with van der Waals surface area (Å²) in [5.74, 6) is -0.142. The van der Waals surface area contributed by atoms with E-state index in [0.717, 1.165) is 32.1 Å². The molecular formula is C39H79NO4. The van der Waals surface area contributed by atoms with Crippen molar-refractivity contribution in [3.63, 3.8) is 0 Å². The summed E-state index contributed by atoms with van der Waals surface area (Å²) >= 11 is 0. The Morgan fingerprint density at radius 2 is 0.773 bits per heavy atom. The van der Waals surface area contributed by atoms with E-state index in [1.807, 2.05) is 0 Å². The first-order valence-electron chi connectivity index (χ1n) is 19.8. The van der Waals surface area contributed by atoms with Crippen LogP contribution in [0.1, 0.15) is 219 Å². The Hall–Kier alpha value is -0.650. The molecule has 3 atom stereocenters. The van der Waals surface area contributed by atoms with Crippen molar-refractivity contribution in [1.29, 1.82) is 0 Å². The van der Waals surface area contributed by atoms with Crippen LogP contribution in [0.2, 0.25) is 0 Å². The van der Waals surface area contributed by atoms with Crippen LogP contribution in [0.4, 0.5) is 0 Å². The second kappa shape index (κ2) is 35.2. The lowest BCUT2D eigenvalue weighted by molar-refractivity contribution is -0.124. The van der Waals surface area contributed by atoms with Crippen molar-refractivity contribution in [3.05, 3.63) is 0 Å². The third-order valence-corrected chi connectivity index (χ3v) is 9.46. The highest BCUT2D eigenvalue weighted by Gasteiger charge is 2.26. The van der Waals surface area contributed by atoms with E-state index in [1.54, 1.807) is 0 Å². The minimum atomic E-state index is -1.13. The van der Waals surface area contributed by atoms with E-state index in [2.05, 4.69) is 19.2 Å². The zero-order valence-electron chi connectivity index (χ0n) is 29.8. The molecule has 0 rings (SSSR count). The molecule has 0 aliphatic rings. The Labute approximate surface area is 275 Å². The normalized spacial score (nSPS) is 13.7. The Kier molecular flexibility index (Phi) is 34.7. The SMILES string of the molecule is CCCCCCCCCCCCCCCCCCC(=O)NC(CO)C(O)C(O)CCCCCCCCCCCCCCCC. The lowest BCUT2D eigenvalue weighted by Gasteiger charge is -2.26. The molecule has 0 fully saturated rings. The molecule has 0 aliphatic carbocycles. The van der Waals surface area contributed by atoms with Crippen molar-refractivity contribution in [2.75, 3.05) is 6.61 Å². The van der Waals surface area contributed by atoms with Crippen LogP contribution < -0.4 is 5.32 Å². The van der Waals surface area contributed by atoms with Gasteiger partial charge in [0.1, 0.15) is 6.10 Å². The molecule has 0 aromatic carbocycles. The van der Waals surface area contributed by atoms with Gasteiger partial charge < -0.3 is 20.6 Å². The number of carbonyl (C=O) groups excluding carboxylic acids is 1. The van der Waals surface area contributed by atoms with Gasteiger partial charge in [0, 0.05) is 6.42 Å². The molecule has 0 bridgehead atoms. The molecule has 0 radical (unpaired) electrons. The third-order valence-electron chi connectivity index (χ3n) is 9.46. The summed E-state index contributed by atoms with van der Waals surface area (Å²) in [5, 5.41) is 33.4. The zero-order chi connectivity index (χ0) is 32.4. The van der Waals surface area contributed by atoms with Crippen molar-refractivity contribution >= 4 is 5.91 Å². The van der Waals surface area contributed by atoms with E-state index in [0.29, 0.717) is 12.8 Å². The number of rotatable bonds is 36. The van der Waals surface area contributed by atoms with Gasteiger partial charge in [-0.15, -0.1) is 0 Å². The van der Waals surface area contributed by atoms with Crippen molar-refractivity contribution in [3.8, 4) is 0 Å². The van der Waals surface area contributed by atoms with Crippen LogP contribution in [0.15, 0.2) is 0 Å². The summed E-state index contributed by atoms with van der Waals surface area (Å²) in [6.45, 7) is 4.18. The number of carbonyl (C=O) groups is 1. The molecule has 3 unspecified atom stereocenters. The number of unbranched alkanes of at least 4 members (excludes halogenated alkanes) is 28. The summed E-state index contributed by atoms with van der Waals surface area (Å²) in [5.41, 5.74) is 0. The highest BCUT2D eigenvalue weighted by Crippen LogP contribution is 2.16. The van der Waals surface area contributed by atoms with Gasteiger partial charge in [-0.05, 0) is 12.8 Å². The van der Waals surface area contributed by atoms with Crippen LogP contribution in [0.5, 0.6) is 0 Å². The lowest BCUT2D eigenvalue weighted by Crippen LogP contribution is -2.50. The Balaban J connectivity index is 3.63. The fraction of sp³-hybridized carbons (Fsp3) is 0.974. The monoisotopic (exact) mass is 626 g/mol. The van der Waals surface area contributed by atoms with Gasteiger partial charge in [0.05, 0.1) is 18.8 Å². The summed E-state index contributed by atoms with van der Waals surface area (Å²) in [4.78, 5) is 12.4. The molecule has 264 valence electrons. The quantitative estimate of drug-likeness (QED) is 0.0521. The minimum absolute atomic E-state index is 0.142. The van der Waals surface area contributed by atoms with E-state index >= 15 is 0 Å². The van der Waals surface area contributed by atoms with Crippen molar-refractivity contribution < 1.29 is 20.1 Å². The van der Waals surface area contributed by atoms with Crippen LogP contribution in [0.3, 0.4) is 0 Å². The Morgan fingerprint density at radius 3 is 1.09 bits per heavy atom. The van der Waals surface area contributed by atoms with Gasteiger partial charge in [0.15, 0.2) is 0 Å². The van der Waals surface area contributed by atoms with Crippen LogP contribution in [-0.2, 0) is 4.79 Å². The smallest absolute Gasteiger partial charge is 0.220 e. The summed E-state index contributed by atoms with van der Waals surface area (Å²) in [6.07, 6.45) is 37.6. The largest absolute Gasteiger partial charge is 0.394 e. The molecule has 0 aliphatic heterocycles. The molecule has 0 saturated heterocycles. The minimum Gasteiger partial charge on any atom is -0.394 e. The molecule has 5 heteroatoms. The summed E-state index contributed by atoms with van der Waals surface area (Å²) < 4.78 is 0. The molecule has 0 spiro atoms. The molecule has 0 aromatic rings. The predicted molar refractivity (Wildman–Crippen MR) is 190 cm³/mol. The molecule has 44 heavy (non-hydrogen) atoms. The first-order valence-corrected chi connectivity index (χ1v) is 19.8. The lowest BCUT2D eigenvalue weighted by atomic mass is 9.99. The number of amides is 1. The Morgan fingerprint density at radius 1 is 0.477 bits per heavy atom. The van der Waals surface area contributed by atoms with Gasteiger partial charge in [-0.25, -0.2) is 0 Å². The zero-order valence-corrected chi connectivity index (χ0v) is 29.8. The average molecular weight is 626 g/mol. The highest BCUT2D eigenvalue weighted by atomic mass is 16.3. The molecule has 5 nitrogen and oxygen atoms in total. The van der Waals surface area contributed by atoms with Gasteiger partial charge in [0.2, 0.25) is 5.91 Å². The molecule has 0 saturated carbocycles. The third kappa shape index (κ3) is 30.0. The standard InChI is InChI=1S/C39H79NO4/c1-3-5-7-9-11-13-15-17-19-20-22-24-26-28-30-32-34-38(43)40-36(35-41)39(44)37(42)33-31-29-27-25-23-21-18-16-14-12-10-8-6-4-2/h36-37,39,41-42,44H,3-35H2,1-2H3,(H,40,43). The first-order chi connectivity index (χ1) is 21.6. The fourth-order valence-electron chi connectivity index (χ4n) is 6.34. The van der Waals surface area contributed by atoms with E-state index in [-0.39, 0.29) is 12.5 Å². The van der Waals surface area contributed by atoms with Gasteiger partial charge in [-0.2, -0.15) is 0 Å². The number of aliphatic hydroxyl groups is 3. The first kappa shape index (κ1) is 43.4. The van der Waals surface area contributed by atoms with Crippen LogP contribution in [-0.4, -0.2) is 46.1 Å². The van der Waals surface area contributed by atoms with Gasteiger partial charge >= 0.3 is 0 Å². The van der Waals surface area contributed by atoms with Crippen LogP contribution in [0.25, 0.3) is 0 Å². The molecule has 0 aromatic heterocycles. The maximum absolute atomic E-state index is 12.4. The van der Waals surface area contributed by atoms with Crippen LogP contribution in [0, 0.1) is 0 Å². The number of hydrogen-bond acceptors (Lipinski definition) is 4. The molecule has 0 heterocycles. The van der Waals surface area contributed by atoms with Crippen molar-refractivity contribution in [2.24, 2.45) is 0 Å².